The maximum absolute atomic E-state index is 12.0. The molecule has 1 aromatic carbocycles. The van der Waals surface area contributed by atoms with Gasteiger partial charge in [0.25, 0.3) is 5.56 Å². The molecule has 7 nitrogen and oxygen atoms in total. The second-order valence-corrected chi connectivity index (χ2v) is 7.97. The van der Waals surface area contributed by atoms with Crippen LogP contribution in [0.25, 0.3) is 0 Å². The van der Waals surface area contributed by atoms with Gasteiger partial charge in [0.2, 0.25) is 5.91 Å². The fourth-order valence-electron chi connectivity index (χ4n) is 3.92. The average Bonchev–Trinajstić information content (AvgIpc) is 2.63. The van der Waals surface area contributed by atoms with Crippen LogP contribution in [0.2, 0.25) is 0 Å². The standard InChI is InChI=1S/C21H28N4O3/c1-15-9-16(2)12-24(11-15)13-18-5-3-17(4-6-18)10-22-20(27)14-25-8-7-19(26)23-21(25)28/h3-8,15-16H,9-14H2,1-2H3,(H,22,27)(H,23,26,28). The van der Waals surface area contributed by atoms with Crippen LogP contribution in [-0.2, 0) is 24.4 Å². The third-order valence-corrected chi connectivity index (χ3v) is 5.07. The SMILES string of the molecule is CC1CC(C)CN(Cc2ccc(CNC(=O)Cn3ccc(=O)[nH]c3=O)cc2)C1. The molecule has 1 fully saturated rings. The monoisotopic (exact) mass is 384 g/mol. The molecule has 2 atom stereocenters. The third kappa shape index (κ3) is 5.66. The van der Waals surface area contributed by atoms with Crippen LogP contribution >= 0.6 is 0 Å². The highest BCUT2D eigenvalue weighted by molar-refractivity contribution is 5.75. The van der Waals surface area contributed by atoms with Crippen molar-refractivity contribution in [3.05, 3.63) is 68.5 Å². The van der Waals surface area contributed by atoms with Gasteiger partial charge >= 0.3 is 5.69 Å². The lowest BCUT2D eigenvalue weighted by Gasteiger charge is -2.35. The highest BCUT2D eigenvalue weighted by Gasteiger charge is 2.21. The number of amides is 1. The van der Waals surface area contributed by atoms with E-state index in [0.717, 1.165) is 37.0 Å². The highest BCUT2D eigenvalue weighted by Crippen LogP contribution is 2.22. The summed E-state index contributed by atoms with van der Waals surface area (Å²) >= 11 is 0. The van der Waals surface area contributed by atoms with Gasteiger partial charge in [0.05, 0.1) is 0 Å². The Labute approximate surface area is 164 Å². The van der Waals surface area contributed by atoms with Crippen LogP contribution in [0, 0.1) is 11.8 Å². The largest absolute Gasteiger partial charge is 0.350 e. The van der Waals surface area contributed by atoms with Gasteiger partial charge in [0.1, 0.15) is 6.54 Å². The summed E-state index contributed by atoms with van der Waals surface area (Å²) in [6.45, 7) is 8.15. The van der Waals surface area contributed by atoms with E-state index in [9.17, 15) is 14.4 Å². The van der Waals surface area contributed by atoms with Crippen LogP contribution in [0.4, 0.5) is 0 Å². The maximum Gasteiger partial charge on any atom is 0.328 e. The Morgan fingerprint density at radius 1 is 1.07 bits per heavy atom. The fraction of sp³-hybridized carbons (Fsp3) is 0.476. The number of hydrogen-bond acceptors (Lipinski definition) is 4. The molecule has 0 saturated carbocycles. The number of aromatic amines is 1. The predicted molar refractivity (Wildman–Crippen MR) is 108 cm³/mol. The van der Waals surface area contributed by atoms with E-state index < -0.39 is 11.2 Å². The van der Waals surface area contributed by atoms with Gasteiger partial charge in [-0.2, -0.15) is 0 Å². The number of nitrogens with one attached hydrogen (secondary N) is 2. The van der Waals surface area contributed by atoms with Crippen LogP contribution in [-0.4, -0.2) is 33.4 Å². The molecular weight excluding hydrogens is 356 g/mol. The number of carbonyl (C=O) groups is 1. The normalized spacial score (nSPS) is 20.1. The number of nitrogens with zero attached hydrogens (tertiary/aromatic N) is 2. The van der Waals surface area contributed by atoms with Gasteiger partial charge in [-0.25, -0.2) is 4.79 Å². The summed E-state index contributed by atoms with van der Waals surface area (Å²) in [4.78, 5) is 39.4. The predicted octanol–water partition coefficient (Wildman–Crippen LogP) is 1.33. The molecule has 1 aliphatic heterocycles. The summed E-state index contributed by atoms with van der Waals surface area (Å²) in [6, 6.07) is 9.49. The quantitative estimate of drug-likeness (QED) is 0.787. The maximum atomic E-state index is 12.0. The minimum atomic E-state index is -0.589. The second-order valence-electron chi connectivity index (χ2n) is 7.97. The number of piperidine rings is 1. The highest BCUT2D eigenvalue weighted by atomic mass is 16.2. The zero-order valence-electron chi connectivity index (χ0n) is 16.5. The molecule has 1 amide bonds. The van der Waals surface area contributed by atoms with E-state index in [0.29, 0.717) is 6.54 Å². The number of carbonyl (C=O) groups excluding carboxylic acids is 1. The van der Waals surface area contributed by atoms with Crippen LogP contribution in [0.5, 0.6) is 0 Å². The number of H-pyrrole nitrogens is 1. The molecule has 2 aromatic rings. The molecular formula is C21H28N4O3. The van der Waals surface area contributed by atoms with Crippen LogP contribution < -0.4 is 16.6 Å². The van der Waals surface area contributed by atoms with Gasteiger partial charge in [-0.05, 0) is 29.4 Å². The first-order valence-corrected chi connectivity index (χ1v) is 9.75. The van der Waals surface area contributed by atoms with E-state index in [2.05, 4.69) is 41.2 Å². The summed E-state index contributed by atoms with van der Waals surface area (Å²) in [7, 11) is 0. The molecule has 0 bridgehead atoms. The summed E-state index contributed by atoms with van der Waals surface area (Å²) < 4.78 is 1.17. The van der Waals surface area contributed by atoms with Gasteiger partial charge in [-0.3, -0.25) is 24.0 Å². The van der Waals surface area contributed by atoms with E-state index in [1.165, 1.54) is 28.8 Å². The molecule has 7 heteroatoms. The average molecular weight is 384 g/mol. The van der Waals surface area contributed by atoms with Crippen molar-refractivity contribution in [1.82, 2.24) is 19.8 Å². The van der Waals surface area contributed by atoms with Gasteiger partial charge in [-0.1, -0.05) is 38.1 Å². The first-order chi connectivity index (χ1) is 13.4. The number of aromatic nitrogens is 2. The number of likely N-dealkylation sites (tertiary alicyclic amines) is 1. The van der Waals surface area contributed by atoms with Crippen molar-refractivity contribution in [2.75, 3.05) is 13.1 Å². The van der Waals surface area contributed by atoms with E-state index in [4.69, 9.17) is 0 Å². The number of benzene rings is 1. The van der Waals surface area contributed by atoms with Gasteiger partial charge in [0, 0.05) is 38.4 Å². The lowest BCUT2D eigenvalue weighted by atomic mass is 9.91. The van der Waals surface area contributed by atoms with Gasteiger partial charge in [-0.15, -0.1) is 0 Å². The first kappa shape index (κ1) is 20.1. The molecule has 0 spiro atoms. The molecule has 0 radical (unpaired) electrons. The van der Waals surface area contributed by atoms with Crippen molar-refractivity contribution in [2.45, 2.75) is 39.9 Å². The fourth-order valence-corrected chi connectivity index (χ4v) is 3.92. The lowest BCUT2D eigenvalue weighted by molar-refractivity contribution is -0.121. The Morgan fingerprint density at radius 3 is 2.36 bits per heavy atom. The summed E-state index contributed by atoms with van der Waals surface area (Å²) in [5, 5.41) is 2.80. The molecule has 0 aliphatic carbocycles. The van der Waals surface area contributed by atoms with Crippen LogP contribution in [0.15, 0.2) is 46.1 Å². The number of rotatable bonds is 6. The Balaban J connectivity index is 1.49. The Morgan fingerprint density at radius 2 is 1.71 bits per heavy atom. The molecule has 150 valence electrons. The smallest absolute Gasteiger partial charge is 0.328 e. The van der Waals surface area contributed by atoms with Crippen LogP contribution in [0.1, 0.15) is 31.4 Å². The molecule has 1 aromatic heterocycles. The van der Waals surface area contributed by atoms with E-state index >= 15 is 0 Å². The molecule has 1 aliphatic rings. The first-order valence-electron chi connectivity index (χ1n) is 9.75. The summed E-state index contributed by atoms with van der Waals surface area (Å²) in [5.74, 6) is 1.20. The van der Waals surface area contributed by atoms with Crippen molar-refractivity contribution in [3.8, 4) is 0 Å². The van der Waals surface area contributed by atoms with E-state index in [1.807, 2.05) is 12.1 Å². The zero-order valence-corrected chi connectivity index (χ0v) is 16.5. The second kappa shape index (κ2) is 9.01. The van der Waals surface area contributed by atoms with Crippen molar-refractivity contribution < 1.29 is 4.79 Å². The Kier molecular flexibility index (Phi) is 6.46. The minimum Gasteiger partial charge on any atom is -0.350 e. The molecule has 2 heterocycles. The third-order valence-electron chi connectivity index (χ3n) is 5.07. The Hall–Kier alpha value is -2.67. The minimum absolute atomic E-state index is 0.126. The van der Waals surface area contributed by atoms with Crippen molar-refractivity contribution in [3.63, 3.8) is 0 Å². The summed E-state index contributed by atoms with van der Waals surface area (Å²) in [6.07, 6.45) is 2.62. The molecule has 2 unspecified atom stereocenters. The topological polar surface area (TPSA) is 87.2 Å². The lowest BCUT2D eigenvalue weighted by Crippen LogP contribution is -2.38. The number of hydrogen-bond donors (Lipinski definition) is 2. The zero-order chi connectivity index (χ0) is 20.1. The van der Waals surface area contributed by atoms with E-state index in [1.54, 1.807) is 0 Å². The van der Waals surface area contributed by atoms with E-state index in [-0.39, 0.29) is 12.5 Å². The van der Waals surface area contributed by atoms with Crippen LogP contribution in [0.3, 0.4) is 0 Å². The molecule has 1 saturated heterocycles. The van der Waals surface area contributed by atoms with Crippen molar-refractivity contribution in [1.29, 1.82) is 0 Å². The molecule has 3 rings (SSSR count). The molecule has 2 N–H and O–H groups in total. The summed E-state index contributed by atoms with van der Waals surface area (Å²) in [5.41, 5.74) is 1.21. The Bertz CT molecular complexity index is 906. The van der Waals surface area contributed by atoms with Crippen molar-refractivity contribution >= 4 is 5.91 Å². The van der Waals surface area contributed by atoms with Crippen molar-refractivity contribution in [2.24, 2.45) is 11.8 Å². The van der Waals surface area contributed by atoms with Gasteiger partial charge < -0.3 is 5.32 Å². The molecule has 28 heavy (non-hydrogen) atoms. The van der Waals surface area contributed by atoms with Gasteiger partial charge in [0.15, 0.2) is 0 Å².